The van der Waals surface area contributed by atoms with Gasteiger partial charge in [-0.3, -0.25) is 4.72 Å². The quantitative estimate of drug-likeness (QED) is 0.380. The number of fused-ring (bicyclic) bond motifs is 1. The number of aromatic nitrogens is 2. The lowest BCUT2D eigenvalue weighted by molar-refractivity contribution is 0.301. The fraction of sp³-hybridized carbons (Fsp3) is 0.167. The Bertz CT molecular complexity index is 1290. The van der Waals surface area contributed by atoms with Gasteiger partial charge in [-0.05, 0) is 54.8 Å². The summed E-state index contributed by atoms with van der Waals surface area (Å²) in [5.41, 5.74) is 2.40. The van der Waals surface area contributed by atoms with Crippen molar-refractivity contribution in [2.24, 2.45) is 0 Å². The Labute approximate surface area is 187 Å². The average molecular weight is 450 g/mol. The Morgan fingerprint density at radius 3 is 2.19 bits per heavy atom. The van der Waals surface area contributed by atoms with Crippen LogP contribution in [-0.4, -0.2) is 32.1 Å². The topological polar surface area (TPSA) is 90.4 Å². The molecule has 164 valence electrons. The summed E-state index contributed by atoms with van der Waals surface area (Å²) in [5.74, 6) is 0.768. The van der Waals surface area contributed by atoms with Crippen molar-refractivity contribution in [3.63, 3.8) is 0 Å². The van der Waals surface area contributed by atoms with Crippen molar-refractivity contribution in [1.29, 1.82) is 0 Å². The monoisotopic (exact) mass is 449 g/mol. The van der Waals surface area contributed by atoms with E-state index in [2.05, 4.69) is 26.8 Å². The van der Waals surface area contributed by atoms with Crippen molar-refractivity contribution in [3.05, 3.63) is 84.4 Å². The number of benzene rings is 3. The predicted octanol–water partition coefficient (Wildman–Crippen LogP) is 4.45. The summed E-state index contributed by atoms with van der Waals surface area (Å²) in [6.45, 7) is 0.374. The molecule has 32 heavy (non-hydrogen) atoms. The third-order valence-corrected chi connectivity index (χ3v) is 6.19. The molecule has 0 aliphatic carbocycles. The van der Waals surface area contributed by atoms with E-state index in [0.29, 0.717) is 23.4 Å². The number of hydrogen-bond acceptors (Lipinski definition) is 6. The first-order valence-electron chi connectivity index (χ1n) is 10.2. The molecule has 1 N–H and O–H groups in total. The number of rotatable bonds is 9. The highest BCUT2D eigenvalue weighted by molar-refractivity contribution is 7.92. The lowest BCUT2D eigenvalue weighted by Crippen LogP contribution is -2.16. The molecule has 7 nitrogen and oxygen atoms in total. The van der Waals surface area contributed by atoms with Crippen LogP contribution >= 0.6 is 0 Å². The van der Waals surface area contributed by atoms with E-state index in [9.17, 15) is 8.42 Å². The molecule has 0 bridgehead atoms. The number of ether oxygens (including phenoxy) is 2. The summed E-state index contributed by atoms with van der Waals surface area (Å²) in [6.07, 6.45) is 1.60. The van der Waals surface area contributed by atoms with Crippen LogP contribution in [0.5, 0.6) is 11.6 Å². The molecule has 0 aliphatic rings. The number of methoxy groups -OCH3 is 1. The molecule has 0 saturated carbocycles. The number of para-hydroxylation sites is 2. The maximum atomic E-state index is 12.9. The minimum atomic E-state index is -3.89. The third kappa shape index (κ3) is 5.15. The summed E-state index contributed by atoms with van der Waals surface area (Å²) < 4.78 is 39.3. The van der Waals surface area contributed by atoms with Gasteiger partial charge in [0.15, 0.2) is 0 Å². The molecule has 3 aromatic carbocycles. The minimum Gasteiger partial charge on any atom is -0.497 e. The standard InChI is InChI=1S/C24H23N3O4S/c1-30-19-13-15-20(16-14-19)32(28,29)27-23-24(26-22-12-6-5-11-21(22)25-23)31-17-7-10-18-8-3-2-4-9-18/h2-6,8-9,11-16H,7,10,17H2,1H3,(H,25,27). The second-order valence-electron chi connectivity index (χ2n) is 7.08. The molecule has 0 fully saturated rings. The van der Waals surface area contributed by atoms with Gasteiger partial charge in [-0.2, -0.15) is 0 Å². The van der Waals surface area contributed by atoms with E-state index in [0.717, 1.165) is 12.8 Å². The Hall–Kier alpha value is -3.65. The number of anilines is 1. The molecule has 1 heterocycles. The van der Waals surface area contributed by atoms with Gasteiger partial charge in [0.1, 0.15) is 5.75 Å². The van der Waals surface area contributed by atoms with Crippen LogP contribution in [0.1, 0.15) is 12.0 Å². The van der Waals surface area contributed by atoms with Gasteiger partial charge in [0, 0.05) is 0 Å². The Morgan fingerprint density at radius 1 is 0.844 bits per heavy atom. The van der Waals surface area contributed by atoms with Crippen LogP contribution in [0, 0.1) is 0 Å². The fourth-order valence-corrected chi connectivity index (χ4v) is 4.18. The van der Waals surface area contributed by atoms with Gasteiger partial charge in [0.2, 0.25) is 5.82 Å². The Morgan fingerprint density at radius 2 is 1.50 bits per heavy atom. The van der Waals surface area contributed by atoms with Gasteiger partial charge in [-0.25, -0.2) is 18.4 Å². The average Bonchev–Trinajstić information content (AvgIpc) is 2.82. The molecule has 4 aromatic rings. The van der Waals surface area contributed by atoms with Crippen LogP contribution in [0.4, 0.5) is 5.82 Å². The van der Waals surface area contributed by atoms with E-state index in [1.165, 1.54) is 24.8 Å². The first-order chi connectivity index (χ1) is 15.5. The zero-order chi connectivity index (χ0) is 22.4. The summed E-state index contributed by atoms with van der Waals surface area (Å²) in [6, 6.07) is 23.4. The summed E-state index contributed by atoms with van der Waals surface area (Å²) in [4.78, 5) is 9.03. The van der Waals surface area contributed by atoms with E-state index in [1.807, 2.05) is 30.3 Å². The molecular weight excluding hydrogens is 426 g/mol. The lowest BCUT2D eigenvalue weighted by Gasteiger charge is -2.13. The van der Waals surface area contributed by atoms with Crippen LogP contribution in [0.3, 0.4) is 0 Å². The zero-order valence-electron chi connectivity index (χ0n) is 17.6. The second kappa shape index (κ2) is 9.65. The first-order valence-corrected chi connectivity index (χ1v) is 11.6. The molecule has 0 aliphatic heterocycles. The third-order valence-electron chi connectivity index (χ3n) is 4.83. The number of nitrogens with one attached hydrogen (secondary N) is 1. The molecule has 0 spiro atoms. The fourth-order valence-electron chi connectivity index (χ4n) is 3.18. The maximum absolute atomic E-state index is 12.9. The van der Waals surface area contributed by atoms with Crippen LogP contribution in [-0.2, 0) is 16.4 Å². The van der Waals surface area contributed by atoms with Crippen molar-refractivity contribution >= 4 is 26.9 Å². The number of nitrogens with zero attached hydrogens (tertiary/aromatic N) is 2. The van der Waals surface area contributed by atoms with Crippen molar-refractivity contribution in [2.75, 3.05) is 18.4 Å². The van der Waals surface area contributed by atoms with Crippen molar-refractivity contribution in [2.45, 2.75) is 17.7 Å². The van der Waals surface area contributed by atoms with E-state index >= 15 is 0 Å². The number of sulfonamides is 1. The minimum absolute atomic E-state index is 0.0548. The summed E-state index contributed by atoms with van der Waals surface area (Å²) in [7, 11) is -2.37. The van der Waals surface area contributed by atoms with Gasteiger partial charge in [-0.15, -0.1) is 0 Å². The van der Waals surface area contributed by atoms with Gasteiger partial charge in [0.25, 0.3) is 15.9 Å². The Kier molecular flexibility index (Phi) is 6.51. The molecule has 1 aromatic heterocycles. The van der Waals surface area contributed by atoms with Crippen molar-refractivity contribution < 1.29 is 17.9 Å². The highest BCUT2D eigenvalue weighted by atomic mass is 32.2. The Balaban J connectivity index is 1.56. The van der Waals surface area contributed by atoms with Gasteiger partial charge in [0.05, 0.1) is 29.6 Å². The van der Waals surface area contributed by atoms with E-state index < -0.39 is 10.0 Å². The van der Waals surface area contributed by atoms with Gasteiger partial charge < -0.3 is 9.47 Å². The molecular formula is C24H23N3O4S. The van der Waals surface area contributed by atoms with Crippen LogP contribution in [0.25, 0.3) is 11.0 Å². The highest BCUT2D eigenvalue weighted by Gasteiger charge is 2.20. The molecule has 8 heteroatoms. The number of hydrogen-bond donors (Lipinski definition) is 1. The SMILES string of the molecule is COc1ccc(S(=O)(=O)Nc2nc3ccccc3nc2OCCCc2ccccc2)cc1. The van der Waals surface area contributed by atoms with Crippen molar-refractivity contribution in [3.8, 4) is 11.6 Å². The van der Waals surface area contributed by atoms with Crippen LogP contribution in [0.15, 0.2) is 83.8 Å². The maximum Gasteiger partial charge on any atom is 0.263 e. The molecule has 4 rings (SSSR count). The molecule has 0 saturated heterocycles. The molecule has 0 unspecified atom stereocenters. The highest BCUT2D eigenvalue weighted by Crippen LogP contribution is 2.27. The second-order valence-corrected chi connectivity index (χ2v) is 8.77. The molecule has 0 amide bonds. The van der Waals surface area contributed by atoms with Crippen LogP contribution < -0.4 is 14.2 Å². The van der Waals surface area contributed by atoms with Crippen molar-refractivity contribution in [1.82, 2.24) is 9.97 Å². The molecule has 0 atom stereocenters. The first kappa shape index (κ1) is 21.6. The van der Waals surface area contributed by atoms with Gasteiger partial charge in [-0.1, -0.05) is 42.5 Å². The van der Waals surface area contributed by atoms with E-state index in [1.54, 1.807) is 24.3 Å². The largest absolute Gasteiger partial charge is 0.497 e. The number of aryl methyl sites for hydroxylation is 1. The molecule has 0 radical (unpaired) electrons. The van der Waals surface area contributed by atoms with E-state index in [4.69, 9.17) is 9.47 Å². The smallest absolute Gasteiger partial charge is 0.263 e. The summed E-state index contributed by atoms with van der Waals surface area (Å²) >= 11 is 0. The van der Waals surface area contributed by atoms with E-state index in [-0.39, 0.29) is 16.6 Å². The normalized spacial score (nSPS) is 11.3. The predicted molar refractivity (Wildman–Crippen MR) is 124 cm³/mol. The van der Waals surface area contributed by atoms with Crippen LogP contribution in [0.2, 0.25) is 0 Å². The summed E-state index contributed by atoms with van der Waals surface area (Å²) in [5, 5.41) is 0. The zero-order valence-corrected chi connectivity index (χ0v) is 18.4. The lowest BCUT2D eigenvalue weighted by atomic mass is 10.1. The van der Waals surface area contributed by atoms with Gasteiger partial charge >= 0.3 is 0 Å².